The maximum atomic E-state index is 12.7. The highest BCUT2D eigenvalue weighted by Gasteiger charge is 2.31. The molecule has 0 aromatic heterocycles. The first-order chi connectivity index (χ1) is 13.2. The van der Waals surface area contributed by atoms with Crippen LogP contribution in [0.1, 0.15) is 30.0 Å². The Morgan fingerprint density at radius 2 is 1.74 bits per heavy atom. The van der Waals surface area contributed by atoms with Crippen molar-refractivity contribution >= 4 is 11.6 Å². The highest BCUT2D eigenvalue weighted by Crippen LogP contribution is 2.24. The summed E-state index contributed by atoms with van der Waals surface area (Å²) >= 11 is 0. The Morgan fingerprint density at radius 3 is 2.52 bits per heavy atom. The Labute approximate surface area is 162 Å². The van der Waals surface area contributed by atoms with Gasteiger partial charge in [-0.3, -0.25) is 4.79 Å². The van der Waals surface area contributed by atoms with E-state index in [1.54, 1.807) is 4.90 Å². The zero-order valence-corrected chi connectivity index (χ0v) is 16.3. The Bertz CT molecular complexity index is 781. The van der Waals surface area contributed by atoms with Gasteiger partial charge >= 0.3 is 0 Å². The normalized spacial score (nSPS) is 22.9. The number of hydrogen-bond donors (Lipinski definition) is 3. The van der Waals surface area contributed by atoms with Gasteiger partial charge < -0.3 is 15.1 Å². The summed E-state index contributed by atoms with van der Waals surface area (Å²) in [4.78, 5) is 15.8. The Kier molecular flexibility index (Phi) is 5.55. The smallest absolute Gasteiger partial charge is 0.282 e. The predicted molar refractivity (Wildman–Crippen MR) is 108 cm³/mol. The zero-order valence-electron chi connectivity index (χ0n) is 16.3. The van der Waals surface area contributed by atoms with E-state index in [1.165, 1.54) is 34.4 Å². The van der Waals surface area contributed by atoms with E-state index < -0.39 is 0 Å². The van der Waals surface area contributed by atoms with Gasteiger partial charge in [-0.2, -0.15) is 0 Å². The van der Waals surface area contributed by atoms with Gasteiger partial charge in [-0.05, 0) is 49.4 Å². The van der Waals surface area contributed by atoms with Gasteiger partial charge in [0.1, 0.15) is 32.7 Å². The molecule has 4 rings (SSSR count). The molecule has 2 aromatic rings. The van der Waals surface area contributed by atoms with Crippen molar-refractivity contribution in [3.05, 3.63) is 65.2 Å². The first-order valence-electron chi connectivity index (χ1n) is 10.3. The molecule has 1 heterocycles. The van der Waals surface area contributed by atoms with Crippen LogP contribution in [-0.2, 0) is 24.2 Å². The first-order valence-corrected chi connectivity index (χ1v) is 10.3. The summed E-state index contributed by atoms with van der Waals surface area (Å²) in [5, 5.41) is 3.15. The van der Waals surface area contributed by atoms with Crippen molar-refractivity contribution in [2.45, 2.75) is 38.8 Å². The van der Waals surface area contributed by atoms with Crippen LogP contribution in [0.2, 0.25) is 0 Å². The SMILES string of the molecule is C[C@@H](C(=O)Nc1ccc2c(c1)CCC2)[NH+]1CC[NH+](Cc2ccccc2)CC1. The number of carbonyl (C=O) groups excluding carboxylic acids is 1. The van der Waals surface area contributed by atoms with Crippen molar-refractivity contribution in [1.29, 1.82) is 0 Å². The molecule has 4 nitrogen and oxygen atoms in total. The molecule has 2 aliphatic rings. The fraction of sp³-hybridized carbons (Fsp3) is 0.435. The number of piperazine rings is 1. The maximum absolute atomic E-state index is 12.7. The van der Waals surface area contributed by atoms with Crippen molar-refractivity contribution < 1.29 is 14.6 Å². The molecule has 1 fully saturated rings. The van der Waals surface area contributed by atoms with E-state index in [1.807, 2.05) is 0 Å². The molecule has 1 amide bonds. The van der Waals surface area contributed by atoms with E-state index in [9.17, 15) is 4.79 Å². The van der Waals surface area contributed by atoms with E-state index >= 15 is 0 Å². The second-order valence-electron chi connectivity index (χ2n) is 8.12. The standard InChI is InChI=1S/C23H29N3O/c1-18(23(27)24-22-11-10-20-8-5-9-21(20)16-22)26-14-12-25(13-15-26)17-19-6-3-2-4-7-19/h2-4,6-7,10-11,16,18H,5,8-9,12-15,17H2,1H3,(H,24,27)/p+2/t18-/m0/s1. The minimum absolute atomic E-state index is 0.00321. The number of rotatable bonds is 5. The monoisotopic (exact) mass is 365 g/mol. The van der Waals surface area contributed by atoms with Crippen molar-refractivity contribution in [2.75, 3.05) is 31.5 Å². The minimum atomic E-state index is -0.00321. The summed E-state index contributed by atoms with van der Waals surface area (Å²) in [6.07, 6.45) is 3.56. The van der Waals surface area contributed by atoms with Crippen molar-refractivity contribution in [3.63, 3.8) is 0 Å². The van der Waals surface area contributed by atoms with E-state index in [2.05, 4.69) is 60.8 Å². The van der Waals surface area contributed by atoms with Gasteiger partial charge in [-0.1, -0.05) is 36.4 Å². The molecule has 1 aliphatic heterocycles. The lowest BCUT2D eigenvalue weighted by Crippen LogP contribution is -3.29. The number of amides is 1. The molecule has 0 radical (unpaired) electrons. The fourth-order valence-electron chi connectivity index (χ4n) is 4.50. The van der Waals surface area contributed by atoms with Gasteiger partial charge in [0.15, 0.2) is 6.04 Å². The summed E-state index contributed by atoms with van der Waals surface area (Å²) in [5.74, 6) is 0.148. The van der Waals surface area contributed by atoms with Gasteiger partial charge in [-0.25, -0.2) is 0 Å². The number of quaternary nitrogens is 2. The largest absolute Gasteiger partial charge is 0.322 e. The molecule has 1 aliphatic carbocycles. The molecule has 0 bridgehead atoms. The Hall–Kier alpha value is -2.17. The first kappa shape index (κ1) is 18.2. The van der Waals surface area contributed by atoms with E-state index in [0.717, 1.165) is 44.8 Å². The topological polar surface area (TPSA) is 38.0 Å². The third-order valence-electron chi connectivity index (χ3n) is 6.27. The number of nitrogens with one attached hydrogen (secondary N) is 3. The minimum Gasteiger partial charge on any atom is -0.322 e. The molecule has 3 N–H and O–H groups in total. The van der Waals surface area contributed by atoms with E-state index in [-0.39, 0.29) is 11.9 Å². The third kappa shape index (κ3) is 4.40. The maximum Gasteiger partial charge on any atom is 0.282 e. The Morgan fingerprint density at radius 1 is 1.00 bits per heavy atom. The molecule has 142 valence electrons. The second-order valence-corrected chi connectivity index (χ2v) is 8.12. The molecule has 2 aromatic carbocycles. The van der Waals surface area contributed by atoms with Crippen LogP contribution in [0, 0.1) is 0 Å². The van der Waals surface area contributed by atoms with Crippen LogP contribution in [0.4, 0.5) is 5.69 Å². The van der Waals surface area contributed by atoms with Crippen LogP contribution in [0.15, 0.2) is 48.5 Å². The quantitative estimate of drug-likeness (QED) is 0.709. The van der Waals surface area contributed by atoms with Gasteiger partial charge in [0, 0.05) is 11.3 Å². The molecular weight excluding hydrogens is 334 g/mol. The van der Waals surface area contributed by atoms with Crippen LogP contribution in [0.3, 0.4) is 0 Å². The average molecular weight is 366 g/mol. The highest BCUT2D eigenvalue weighted by molar-refractivity contribution is 5.93. The lowest BCUT2D eigenvalue weighted by Gasteiger charge is -2.32. The average Bonchev–Trinajstić information content (AvgIpc) is 3.16. The van der Waals surface area contributed by atoms with Crippen LogP contribution < -0.4 is 15.1 Å². The van der Waals surface area contributed by atoms with Gasteiger partial charge in [0.2, 0.25) is 0 Å². The number of anilines is 1. The summed E-state index contributed by atoms with van der Waals surface area (Å²) in [5.41, 5.74) is 5.22. The van der Waals surface area contributed by atoms with Crippen LogP contribution in [0.5, 0.6) is 0 Å². The number of fused-ring (bicyclic) bond motifs is 1. The number of carbonyl (C=O) groups is 1. The highest BCUT2D eigenvalue weighted by atomic mass is 16.2. The Balaban J connectivity index is 1.28. The molecular formula is C23H31N3O+2. The zero-order chi connectivity index (χ0) is 18.6. The third-order valence-corrected chi connectivity index (χ3v) is 6.27. The molecule has 1 saturated heterocycles. The summed E-state index contributed by atoms with van der Waals surface area (Å²) in [6.45, 7) is 7.52. The van der Waals surface area contributed by atoms with E-state index in [4.69, 9.17) is 0 Å². The van der Waals surface area contributed by atoms with Crippen LogP contribution >= 0.6 is 0 Å². The lowest BCUT2D eigenvalue weighted by molar-refractivity contribution is -1.02. The van der Waals surface area contributed by atoms with Gasteiger partial charge in [-0.15, -0.1) is 0 Å². The van der Waals surface area contributed by atoms with E-state index in [0.29, 0.717) is 0 Å². The van der Waals surface area contributed by atoms with Crippen LogP contribution in [-0.4, -0.2) is 38.1 Å². The second kappa shape index (κ2) is 8.24. The summed E-state index contributed by atoms with van der Waals surface area (Å²) in [7, 11) is 0. The molecule has 4 heteroatoms. The number of aryl methyl sites for hydroxylation is 2. The van der Waals surface area contributed by atoms with Crippen molar-refractivity contribution in [3.8, 4) is 0 Å². The molecule has 0 spiro atoms. The fourth-order valence-corrected chi connectivity index (χ4v) is 4.50. The lowest BCUT2D eigenvalue weighted by atomic mass is 10.1. The summed E-state index contributed by atoms with van der Waals surface area (Å²) in [6, 6.07) is 17.1. The van der Waals surface area contributed by atoms with Crippen LogP contribution in [0.25, 0.3) is 0 Å². The van der Waals surface area contributed by atoms with Gasteiger partial charge in [0.25, 0.3) is 5.91 Å². The molecule has 0 saturated carbocycles. The molecule has 27 heavy (non-hydrogen) atoms. The summed E-state index contributed by atoms with van der Waals surface area (Å²) < 4.78 is 0. The molecule has 1 atom stereocenters. The number of hydrogen-bond acceptors (Lipinski definition) is 1. The van der Waals surface area contributed by atoms with Gasteiger partial charge in [0.05, 0.1) is 0 Å². The van der Waals surface area contributed by atoms with Crippen molar-refractivity contribution in [1.82, 2.24) is 0 Å². The predicted octanol–water partition coefficient (Wildman–Crippen LogP) is 0.486. The molecule has 0 unspecified atom stereocenters. The number of benzene rings is 2. The van der Waals surface area contributed by atoms with Crippen molar-refractivity contribution in [2.24, 2.45) is 0 Å².